The number of aryl methyl sites for hydroxylation is 1. The molecule has 1 saturated carbocycles. The number of carbonyl (C=O) groups excluding carboxylic acids is 1. The van der Waals surface area contributed by atoms with E-state index < -0.39 is 17.7 Å². The maximum atomic E-state index is 13.1. The molecule has 0 aromatic carbocycles. The third kappa shape index (κ3) is 3.38. The summed E-state index contributed by atoms with van der Waals surface area (Å²) in [6, 6.07) is 1.87. The number of likely N-dealkylation sites (tertiary alicyclic amines) is 1. The molecule has 1 atom stereocenters. The highest BCUT2D eigenvalue weighted by Crippen LogP contribution is 2.49. The Morgan fingerprint density at radius 3 is 2.69 bits per heavy atom. The van der Waals surface area contributed by atoms with Gasteiger partial charge < -0.3 is 10.2 Å². The van der Waals surface area contributed by atoms with Crippen molar-refractivity contribution in [3.63, 3.8) is 0 Å². The number of amides is 1. The fourth-order valence-corrected chi connectivity index (χ4v) is 3.37. The lowest BCUT2D eigenvalue weighted by Gasteiger charge is -2.32. The van der Waals surface area contributed by atoms with Crippen LogP contribution in [0.4, 0.5) is 20.4 Å². The Morgan fingerprint density at radius 2 is 2.08 bits per heavy atom. The van der Waals surface area contributed by atoms with E-state index in [1.54, 1.807) is 22.0 Å². The van der Waals surface area contributed by atoms with Gasteiger partial charge in [-0.1, -0.05) is 0 Å². The third-order valence-electron chi connectivity index (χ3n) is 4.99. The number of carbonyl (C=O) groups is 1. The van der Waals surface area contributed by atoms with Crippen molar-refractivity contribution in [1.82, 2.24) is 24.6 Å². The maximum absolute atomic E-state index is 13.1. The smallest absolute Gasteiger partial charge is 0.260 e. The molecule has 1 saturated heterocycles. The van der Waals surface area contributed by atoms with E-state index in [2.05, 4.69) is 20.4 Å². The van der Waals surface area contributed by atoms with Crippen LogP contribution in [-0.2, 0) is 11.8 Å². The van der Waals surface area contributed by atoms with Crippen LogP contribution in [-0.4, -0.2) is 49.6 Å². The number of nitrogens with one attached hydrogen (secondary N) is 1. The highest BCUT2D eigenvalue weighted by atomic mass is 19.3. The molecule has 2 aromatic heterocycles. The van der Waals surface area contributed by atoms with Gasteiger partial charge in [0.15, 0.2) is 0 Å². The van der Waals surface area contributed by atoms with Crippen LogP contribution in [0.5, 0.6) is 0 Å². The van der Waals surface area contributed by atoms with Crippen molar-refractivity contribution in [2.75, 3.05) is 18.4 Å². The second kappa shape index (κ2) is 6.30. The molecule has 1 aliphatic carbocycles. The van der Waals surface area contributed by atoms with Crippen molar-refractivity contribution in [2.45, 2.75) is 31.1 Å². The van der Waals surface area contributed by atoms with Crippen molar-refractivity contribution in [3.8, 4) is 0 Å². The minimum absolute atomic E-state index is 0.191. The number of rotatable bonds is 4. The number of alkyl halides is 2. The molecule has 0 bridgehead atoms. The second-order valence-electron chi connectivity index (χ2n) is 6.95. The van der Waals surface area contributed by atoms with E-state index in [1.807, 2.05) is 19.3 Å². The fraction of sp³-hybridized carbons (Fsp3) is 0.529. The topological polar surface area (TPSA) is 75.9 Å². The summed E-state index contributed by atoms with van der Waals surface area (Å²) in [4.78, 5) is 22.4. The van der Waals surface area contributed by atoms with Crippen LogP contribution < -0.4 is 5.32 Å². The standard InChI is InChI=1S/C17H20F2N6O/c1-24-10-12(9-21-24)22-16-20-5-2-14(23-16)11-3-6-25(7-4-11)15(26)13-8-17(13,18)19/h2,5,9-11,13H,3-4,6-8H2,1H3,(H,20,22,23). The van der Waals surface area contributed by atoms with Gasteiger partial charge in [-0.25, -0.2) is 18.7 Å². The van der Waals surface area contributed by atoms with Crippen LogP contribution in [0.15, 0.2) is 24.7 Å². The molecule has 4 rings (SSSR count). The van der Waals surface area contributed by atoms with E-state index in [1.165, 1.54) is 0 Å². The van der Waals surface area contributed by atoms with Gasteiger partial charge in [-0.15, -0.1) is 0 Å². The lowest BCUT2D eigenvalue weighted by Crippen LogP contribution is -2.39. The zero-order valence-electron chi connectivity index (χ0n) is 14.4. The molecule has 1 aliphatic heterocycles. The Labute approximate surface area is 149 Å². The molecule has 3 heterocycles. The Morgan fingerprint density at radius 1 is 1.35 bits per heavy atom. The lowest BCUT2D eigenvalue weighted by molar-refractivity contribution is -0.135. The van der Waals surface area contributed by atoms with Crippen LogP contribution >= 0.6 is 0 Å². The average molecular weight is 362 g/mol. The molecule has 9 heteroatoms. The first-order valence-corrected chi connectivity index (χ1v) is 8.67. The van der Waals surface area contributed by atoms with Gasteiger partial charge in [0, 0.05) is 50.6 Å². The molecular weight excluding hydrogens is 342 g/mol. The SMILES string of the molecule is Cn1cc(Nc2nccc(C3CCN(C(=O)C4CC4(F)F)CC3)n2)cn1. The van der Waals surface area contributed by atoms with Gasteiger partial charge in [0.2, 0.25) is 11.9 Å². The third-order valence-corrected chi connectivity index (χ3v) is 4.99. The van der Waals surface area contributed by atoms with Gasteiger partial charge in [-0.3, -0.25) is 9.48 Å². The van der Waals surface area contributed by atoms with Crippen molar-refractivity contribution >= 4 is 17.5 Å². The van der Waals surface area contributed by atoms with Gasteiger partial charge in [0.25, 0.3) is 5.92 Å². The number of piperidine rings is 1. The molecular formula is C17H20F2N6O. The van der Waals surface area contributed by atoms with Crippen LogP contribution in [0.3, 0.4) is 0 Å². The highest BCUT2D eigenvalue weighted by Gasteiger charge is 2.62. The van der Waals surface area contributed by atoms with Gasteiger partial charge in [-0.2, -0.15) is 5.10 Å². The molecule has 0 spiro atoms. The first-order chi connectivity index (χ1) is 12.4. The van der Waals surface area contributed by atoms with Gasteiger partial charge in [0.1, 0.15) is 5.92 Å². The summed E-state index contributed by atoms with van der Waals surface area (Å²) >= 11 is 0. The predicted octanol–water partition coefficient (Wildman–Crippen LogP) is 2.31. The molecule has 1 amide bonds. The van der Waals surface area contributed by atoms with Crippen LogP contribution in [0.25, 0.3) is 0 Å². The fourth-order valence-electron chi connectivity index (χ4n) is 3.37. The average Bonchev–Trinajstić information content (AvgIpc) is 3.08. The van der Waals surface area contributed by atoms with Crippen molar-refractivity contribution in [3.05, 3.63) is 30.4 Å². The van der Waals surface area contributed by atoms with Gasteiger partial charge >= 0.3 is 0 Å². The summed E-state index contributed by atoms with van der Waals surface area (Å²) in [6.07, 6.45) is 6.34. The van der Waals surface area contributed by atoms with Crippen LogP contribution in [0, 0.1) is 5.92 Å². The molecule has 26 heavy (non-hydrogen) atoms. The van der Waals surface area contributed by atoms with E-state index in [4.69, 9.17) is 0 Å². The number of hydrogen-bond donors (Lipinski definition) is 1. The Balaban J connectivity index is 1.37. The van der Waals surface area contributed by atoms with Crippen molar-refractivity contribution in [1.29, 1.82) is 0 Å². The maximum Gasteiger partial charge on any atom is 0.260 e. The monoisotopic (exact) mass is 362 g/mol. The Hall–Kier alpha value is -2.58. The molecule has 138 valence electrons. The van der Waals surface area contributed by atoms with E-state index in [9.17, 15) is 13.6 Å². The Kier molecular flexibility index (Phi) is 4.08. The summed E-state index contributed by atoms with van der Waals surface area (Å²) in [6.45, 7) is 0.983. The molecule has 2 aliphatic rings. The van der Waals surface area contributed by atoms with E-state index in [0.29, 0.717) is 31.9 Å². The summed E-state index contributed by atoms with van der Waals surface area (Å²) in [7, 11) is 1.83. The highest BCUT2D eigenvalue weighted by molar-refractivity contribution is 5.83. The summed E-state index contributed by atoms with van der Waals surface area (Å²) in [5.41, 5.74) is 1.70. The summed E-state index contributed by atoms with van der Waals surface area (Å²) in [5.74, 6) is -3.63. The number of aromatic nitrogens is 4. The zero-order valence-corrected chi connectivity index (χ0v) is 14.4. The van der Waals surface area contributed by atoms with Crippen molar-refractivity contribution in [2.24, 2.45) is 13.0 Å². The molecule has 1 N–H and O–H groups in total. The number of halogens is 2. The van der Waals surface area contributed by atoms with Crippen LogP contribution in [0.1, 0.15) is 30.9 Å². The van der Waals surface area contributed by atoms with E-state index in [-0.39, 0.29) is 12.3 Å². The van der Waals surface area contributed by atoms with Gasteiger partial charge in [-0.05, 0) is 18.9 Å². The largest absolute Gasteiger partial charge is 0.342 e. The minimum atomic E-state index is -2.80. The molecule has 1 unspecified atom stereocenters. The lowest BCUT2D eigenvalue weighted by atomic mass is 9.93. The van der Waals surface area contributed by atoms with Crippen LogP contribution in [0.2, 0.25) is 0 Å². The van der Waals surface area contributed by atoms with Crippen molar-refractivity contribution < 1.29 is 13.6 Å². The Bertz CT molecular complexity index is 815. The predicted molar refractivity (Wildman–Crippen MR) is 90.1 cm³/mol. The number of nitrogens with zero attached hydrogens (tertiary/aromatic N) is 5. The van der Waals surface area contributed by atoms with E-state index >= 15 is 0 Å². The summed E-state index contributed by atoms with van der Waals surface area (Å²) in [5, 5.41) is 7.20. The minimum Gasteiger partial charge on any atom is -0.342 e. The zero-order chi connectivity index (χ0) is 18.3. The quantitative estimate of drug-likeness (QED) is 0.903. The molecule has 0 radical (unpaired) electrons. The van der Waals surface area contributed by atoms with Gasteiger partial charge in [0.05, 0.1) is 11.9 Å². The van der Waals surface area contributed by atoms with E-state index in [0.717, 1.165) is 11.4 Å². The first-order valence-electron chi connectivity index (χ1n) is 8.67. The normalized spacial score (nSPS) is 22.3. The second-order valence-corrected chi connectivity index (χ2v) is 6.95. The number of hydrogen-bond acceptors (Lipinski definition) is 5. The molecule has 2 aromatic rings. The first kappa shape index (κ1) is 16.9. The number of anilines is 2. The summed E-state index contributed by atoms with van der Waals surface area (Å²) < 4.78 is 27.9. The molecule has 2 fully saturated rings. The molecule has 7 nitrogen and oxygen atoms in total.